The van der Waals surface area contributed by atoms with Gasteiger partial charge in [0.05, 0.1) is 13.1 Å². The number of benzene rings is 1. The summed E-state index contributed by atoms with van der Waals surface area (Å²) in [5.41, 5.74) is 0.392. The van der Waals surface area contributed by atoms with Gasteiger partial charge < -0.3 is 10.1 Å². The fourth-order valence-corrected chi connectivity index (χ4v) is 2.34. The SMILES string of the molecule is O=[C]CN1CCN(CC(=O)Nc2ccc(OC(F)(F)F)cc2)CC1. The number of nitrogens with one attached hydrogen (secondary N) is 1. The molecule has 6 nitrogen and oxygen atoms in total. The molecule has 0 bridgehead atoms. The second-order valence-corrected chi connectivity index (χ2v) is 5.32. The lowest BCUT2D eigenvalue weighted by atomic mass is 10.3. The molecule has 1 aliphatic heterocycles. The number of rotatable bonds is 6. The molecule has 0 atom stereocenters. The number of halogens is 3. The Morgan fingerprint density at radius 3 is 2.25 bits per heavy atom. The number of hydrogen-bond acceptors (Lipinski definition) is 5. The third-order valence-electron chi connectivity index (χ3n) is 3.49. The predicted octanol–water partition coefficient (Wildman–Crippen LogP) is 1.25. The summed E-state index contributed by atoms with van der Waals surface area (Å²) in [4.78, 5) is 26.2. The van der Waals surface area contributed by atoms with Gasteiger partial charge in [-0.05, 0) is 24.3 Å². The molecular weight excluding hydrogens is 327 g/mol. The maximum atomic E-state index is 12.1. The summed E-state index contributed by atoms with van der Waals surface area (Å²) in [5.74, 6) is -0.599. The van der Waals surface area contributed by atoms with Gasteiger partial charge in [0.25, 0.3) is 0 Å². The summed E-state index contributed by atoms with van der Waals surface area (Å²) >= 11 is 0. The van der Waals surface area contributed by atoms with E-state index in [-0.39, 0.29) is 24.7 Å². The number of piperazine rings is 1. The van der Waals surface area contributed by atoms with Crippen LogP contribution >= 0.6 is 0 Å². The first-order chi connectivity index (χ1) is 11.4. The second kappa shape index (κ2) is 8.11. The van der Waals surface area contributed by atoms with Crippen molar-refractivity contribution in [2.45, 2.75) is 6.36 Å². The van der Waals surface area contributed by atoms with Gasteiger partial charge in [-0.25, -0.2) is 0 Å². The van der Waals surface area contributed by atoms with Gasteiger partial charge in [0.15, 0.2) is 0 Å². The molecule has 0 aromatic heterocycles. The van der Waals surface area contributed by atoms with E-state index in [0.717, 1.165) is 12.1 Å². The molecule has 2 rings (SSSR count). The minimum atomic E-state index is -4.74. The Kier molecular flexibility index (Phi) is 6.16. The van der Waals surface area contributed by atoms with E-state index in [2.05, 4.69) is 10.1 Å². The van der Waals surface area contributed by atoms with E-state index in [0.29, 0.717) is 31.9 Å². The molecule has 1 fully saturated rings. The molecule has 1 aromatic rings. The molecule has 1 N–H and O–H groups in total. The minimum absolute atomic E-state index is 0.180. The summed E-state index contributed by atoms with van der Waals surface area (Å²) in [7, 11) is 0. The van der Waals surface area contributed by atoms with Crippen LogP contribution in [0, 0.1) is 0 Å². The molecule has 131 valence electrons. The predicted molar refractivity (Wildman–Crippen MR) is 80.3 cm³/mol. The van der Waals surface area contributed by atoms with E-state index < -0.39 is 6.36 Å². The van der Waals surface area contributed by atoms with Crippen LogP contribution < -0.4 is 10.1 Å². The van der Waals surface area contributed by atoms with Gasteiger partial charge in [0, 0.05) is 31.9 Å². The summed E-state index contributed by atoms with van der Waals surface area (Å²) in [6.45, 7) is 3.14. The molecule has 1 aliphatic rings. The lowest BCUT2D eigenvalue weighted by Crippen LogP contribution is -2.48. The van der Waals surface area contributed by atoms with Crippen molar-refractivity contribution in [2.75, 3.05) is 44.6 Å². The van der Waals surface area contributed by atoms with Crippen LogP contribution in [0.3, 0.4) is 0 Å². The molecule has 9 heteroatoms. The number of anilines is 1. The van der Waals surface area contributed by atoms with E-state index in [1.807, 2.05) is 16.1 Å². The average Bonchev–Trinajstić information content (AvgIpc) is 2.50. The van der Waals surface area contributed by atoms with Crippen LogP contribution in [0.4, 0.5) is 18.9 Å². The number of carbonyl (C=O) groups is 1. The van der Waals surface area contributed by atoms with Crippen LogP contribution in [0.15, 0.2) is 24.3 Å². The zero-order chi connectivity index (χ0) is 17.6. The van der Waals surface area contributed by atoms with Gasteiger partial charge in [-0.2, -0.15) is 0 Å². The third-order valence-corrected chi connectivity index (χ3v) is 3.49. The number of ether oxygens (including phenoxy) is 1. The summed E-state index contributed by atoms with van der Waals surface area (Å²) in [6.07, 6.45) is -2.90. The van der Waals surface area contributed by atoms with E-state index in [1.165, 1.54) is 12.1 Å². The Morgan fingerprint density at radius 1 is 1.12 bits per heavy atom. The summed E-state index contributed by atoms with van der Waals surface area (Å²) in [5, 5.41) is 2.62. The molecule has 0 spiro atoms. The van der Waals surface area contributed by atoms with Gasteiger partial charge in [-0.1, -0.05) is 0 Å². The van der Waals surface area contributed by atoms with Crippen molar-refractivity contribution < 1.29 is 27.5 Å². The van der Waals surface area contributed by atoms with Crippen LogP contribution in [0.25, 0.3) is 0 Å². The van der Waals surface area contributed by atoms with E-state index in [4.69, 9.17) is 0 Å². The molecule has 1 heterocycles. The van der Waals surface area contributed by atoms with Crippen molar-refractivity contribution in [2.24, 2.45) is 0 Å². The normalized spacial score (nSPS) is 16.6. The lowest BCUT2D eigenvalue weighted by molar-refractivity contribution is -0.274. The molecule has 1 radical (unpaired) electrons. The highest BCUT2D eigenvalue weighted by Gasteiger charge is 2.31. The highest BCUT2D eigenvalue weighted by Crippen LogP contribution is 2.23. The van der Waals surface area contributed by atoms with Crippen LogP contribution in [-0.4, -0.2) is 67.6 Å². The molecule has 0 aliphatic carbocycles. The molecule has 1 saturated heterocycles. The van der Waals surface area contributed by atoms with Crippen molar-refractivity contribution in [3.05, 3.63) is 24.3 Å². The quantitative estimate of drug-likeness (QED) is 0.842. The van der Waals surface area contributed by atoms with Crippen molar-refractivity contribution in [3.8, 4) is 5.75 Å². The standard InChI is InChI=1S/C15H17F3N3O3/c16-15(17,18)24-13-3-1-12(2-4-13)19-14(23)11-21-7-5-20(6-8-21)9-10-22/h1-4H,5-9,11H2,(H,19,23). The number of amides is 1. The Hall–Kier alpha value is -2.13. The summed E-state index contributed by atoms with van der Waals surface area (Å²) in [6, 6.07) is 4.96. The molecule has 0 saturated carbocycles. The van der Waals surface area contributed by atoms with Gasteiger partial charge >= 0.3 is 6.36 Å². The van der Waals surface area contributed by atoms with Crippen LogP contribution in [0.2, 0.25) is 0 Å². The number of alkyl halides is 3. The van der Waals surface area contributed by atoms with Crippen LogP contribution in [0.1, 0.15) is 0 Å². The van der Waals surface area contributed by atoms with Gasteiger partial charge in [0.2, 0.25) is 12.2 Å². The Bertz CT molecular complexity index is 555. The maximum absolute atomic E-state index is 12.1. The van der Waals surface area contributed by atoms with Gasteiger partial charge in [-0.15, -0.1) is 13.2 Å². The van der Waals surface area contributed by atoms with Crippen molar-refractivity contribution in [3.63, 3.8) is 0 Å². The zero-order valence-electron chi connectivity index (χ0n) is 12.8. The number of hydrogen-bond donors (Lipinski definition) is 1. The topological polar surface area (TPSA) is 61.9 Å². The average molecular weight is 344 g/mol. The van der Waals surface area contributed by atoms with E-state index >= 15 is 0 Å². The smallest absolute Gasteiger partial charge is 0.406 e. The maximum Gasteiger partial charge on any atom is 0.573 e. The van der Waals surface area contributed by atoms with Crippen molar-refractivity contribution >= 4 is 17.9 Å². The minimum Gasteiger partial charge on any atom is -0.406 e. The van der Waals surface area contributed by atoms with Gasteiger partial charge in [0.1, 0.15) is 5.75 Å². The molecule has 1 amide bonds. The van der Waals surface area contributed by atoms with Crippen molar-refractivity contribution in [1.29, 1.82) is 0 Å². The third kappa shape index (κ3) is 6.17. The number of carbonyl (C=O) groups excluding carboxylic acids is 2. The molecule has 24 heavy (non-hydrogen) atoms. The molecular formula is C15H17F3N3O3. The number of nitrogens with zero attached hydrogens (tertiary/aromatic N) is 2. The lowest BCUT2D eigenvalue weighted by Gasteiger charge is -2.32. The largest absolute Gasteiger partial charge is 0.573 e. The first-order valence-electron chi connectivity index (χ1n) is 7.31. The van der Waals surface area contributed by atoms with Crippen LogP contribution in [-0.2, 0) is 9.59 Å². The fraction of sp³-hybridized carbons (Fsp3) is 0.467. The Morgan fingerprint density at radius 2 is 1.71 bits per heavy atom. The Labute approximate surface area is 137 Å². The van der Waals surface area contributed by atoms with Crippen molar-refractivity contribution in [1.82, 2.24) is 9.80 Å². The monoisotopic (exact) mass is 344 g/mol. The highest BCUT2D eigenvalue weighted by atomic mass is 19.4. The first-order valence-corrected chi connectivity index (χ1v) is 7.31. The Balaban J connectivity index is 1.77. The second-order valence-electron chi connectivity index (χ2n) is 5.32. The first kappa shape index (κ1) is 18.2. The van der Waals surface area contributed by atoms with Crippen LogP contribution in [0.5, 0.6) is 5.75 Å². The molecule has 1 aromatic carbocycles. The fourth-order valence-electron chi connectivity index (χ4n) is 2.34. The summed E-state index contributed by atoms with van der Waals surface area (Å²) < 4.78 is 40.0. The van der Waals surface area contributed by atoms with E-state index in [1.54, 1.807) is 0 Å². The zero-order valence-corrected chi connectivity index (χ0v) is 12.8. The van der Waals surface area contributed by atoms with Gasteiger partial charge in [-0.3, -0.25) is 19.4 Å². The molecule has 0 unspecified atom stereocenters. The highest BCUT2D eigenvalue weighted by molar-refractivity contribution is 5.92. The van der Waals surface area contributed by atoms with E-state index in [9.17, 15) is 22.8 Å².